The zero-order valence-electron chi connectivity index (χ0n) is 25.6. The summed E-state index contributed by atoms with van der Waals surface area (Å²) in [5.41, 5.74) is 2.62. The number of hydrogen-bond acceptors (Lipinski definition) is 5. The molecule has 3 amide bonds. The molecule has 2 atom stereocenters. The number of hydrogen-bond donors (Lipinski definition) is 3. The standard InChI is InChI=1S/C29H54N4O5/c1-11-13-28(9,12-2)20-31-21(34)25(3,4)19-29(10,30)23(36)33-16-14-32(15-17-33)22(35)26(5,6)18-27(7,8)24(37)38/h11-20,30H2,1-10H3,(H,31,34)(H,37,38). The third-order valence-corrected chi connectivity index (χ3v) is 8.19. The monoisotopic (exact) mass is 538 g/mol. The molecule has 2 unspecified atom stereocenters. The number of carboxylic acids is 1. The molecule has 0 spiro atoms. The summed E-state index contributed by atoms with van der Waals surface area (Å²) in [5, 5.41) is 12.6. The van der Waals surface area contributed by atoms with Crippen LogP contribution in [-0.4, -0.2) is 76.9 Å². The SMILES string of the molecule is CCCC(C)(CC)CNC(=O)C(C)(C)CC(C)(N)C(=O)N1CCN(C(=O)C(C)(C)CC(C)(C)C(=O)O)CC1. The molecule has 1 saturated heterocycles. The van der Waals surface area contributed by atoms with Crippen LogP contribution in [0.3, 0.4) is 0 Å². The van der Waals surface area contributed by atoms with Crippen LogP contribution in [0.5, 0.6) is 0 Å². The van der Waals surface area contributed by atoms with Crippen LogP contribution < -0.4 is 11.1 Å². The first kappa shape index (κ1) is 33.9. The summed E-state index contributed by atoms with van der Waals surface area (Å²) in [6, 6.07) is 0. The Kier molecular flexibility index (Phi) is 11.0. The molecule has 1 aliphatic rings. The first-order valence-corrected chi connectivity index (χ1v) is 14.0. The summed E-state index contributed by atoms with van der Waals surface area (Å²) in [7, 11) is 0. The van der Waals surface area contributed by atoms with Gasteiger partial charge >= 0.3 is 5.97 Å². The molecule has 0 aromatic carbocycles. The maximum atomic E-state index is 13.4. The number of amides is 3. The highest BCUT2D eigenvalue weighted by Gasteiger charge is 2.44. The molecule has 1 rings (SSSR count). The molecule has 1 fully saturated rings. The summed E-state index contributed by atoms with van der Waals surface area (Å²) in [6.45, 7) is 20.5. The van der Waals surface area contributed by atoms with Gasteiger partial charge in [-0.15, -0.1) is 0 Å². The van der Waals surface area contributed by atoms with Crippen LogP contribution in [-0.2, 0) is 19.2 Å². The van der Waals surface area contributed by atoms with E-state index in [0.29, 0.717) is 32.7 Å². The van der Waals surface area contributed by atoms with E-state index in [1.54, 1.807) is 44.4 Å². The second-order valence-electron chi connectivity index (χ2n) is 13.9. The van der Waals surface area contributed by atoms with Gasteiger partial charge in [-0.2, -0.15) is 0 Å². The number of carbonyl (C=O) groups excluding carboxylic acids is 3. The van der Waals surface area contributed by atoms with Crippen molar-refractivity contribution in [3.8, 4) is 0 Å². The highest BCUT2D eigenvalue weighted by atomic mass is 16.4. The summed E-state index contributed by atoms with van der Waals surface area (Å²) in [6.07, 6.45) is 3.45. The molecule has 4 N–H and O–H groups in total. The fourth-order valence-electron chi connectivity index (χ4n) is 5.76. The lowest BCUT2D eigenvalue weighted by molar-refractivity contribution is -0.154. The molecule has 0 aromatic heterocycles. The molecule has 9 nitrogen and oxygen atoms in total. The predicted octanol–water partition coefficient (Wildman–Crippen LogP) is 3.65. The van der Waals surface area contributed by atoms with E-state index in [1.165, 1.54) is 0 Å². The van der Waals surface area contributed by atoms with E-state index in [4.69, 9.17) is 5.73 Å². The average Bonchev–Trinajstić information content (AvgIpc) is 2.80. The van der Waals surface area contributed by atoms with Gasteiger partial charge in [0.25, 0.3) is 0 Å². The average molecular weight is 539 g/mol. The molecule has 0 aliphatic carbocycles. The topological polar surface area (TPSA) is 133 Å². The van der Waals surface area contributed by atoms with Crippen LogP contribution in [0, 0.1) is 21.7 Å². The Morgan fingerprint density at radius 1 is 0.763 bits per heavy atom. The fraction of sp³-hybridized carbons (Fsp3) is 0.862. The van der Waals surface area contributed by atoms with Crippen LogP contribution >= 0.6 is 0 Å². The summed E-state index contributed by atoms with van der Waals surface area (Å²) in [4.78, 5) is 54.6. The van der Waals surface area contributed by atoms with Crippen LogP contribution in [0.25, 0.3) is 0 Å². The van der Waals surface area contributed by atoms with E-state index in [-0.39, 0.29) is 36.0 Å². The van der Waals surface area contributed by atoms with Gasteiger partial charge in [-0.25, -0.2) is 0 Å². The highest BCUT2D eigenvalue weighted by molar-refractivity contribution is 5.89. The molecule has 38 heavy (non-hydrogen) atoms. The molecular weight excluding hydrogens is 484 g/mol. The maximum absolute atomic E-state index is 13.4. The van der Waals surface area contributed by atoms with E-state index in [0.717, 1.165) is 19.3 Å². The van der Waals surface area contributed by atoms with Crippen molar-refractivity contribution in [1.82, 2.24) is 15.1 Å². The van der Waals surface area contributed by atoms with Crippen molar-refractivity contribution >= 4 is 23.7 Å². The number of aliphatic carboxylic acids is 1. The molecule has 0 bridgehead atoms. The highest BCUT2D eigenvalue weighted by Crippen LogP contribution is 2.36. The first-order valence-electron chi connectivity index (χ1n) is 14.0. The van der Waals surface area contributed by atoms with Crippen LogP contribution in [0.2, 0.25) is 0 Å². The number of carbonyl (C=O) groups is 4. The Hall–Kier alpha value is -2.16. The van der Waals surface area contributed by atoms with Gasteiger partial charge in [-0.05, 0) is 51.9 Å². The predicted molar refractivity (Wildman–Crippen MR) is 150 cm³/mol. The Morgan fingerprint density at radius 2 is 1.24 bits per heavy atom. The van der Waals surface area contributed by atoms with E-state index in [1.807, 2.05) is 13.8 Å². The van der Waals surface area contributed by atoms with E-state index >= 15 is 0 Å². The van der Waals surface area contributed by atoms with Gasteiger partial charge in [0.2, 0.25) is 17.7 Å². The van der Waals surface area contributed by atoms with Crippen molar-refractivity contribution in [2.75, 3.05) is 32.7 Å². The molecule has 1 aliphatic heterocycles. The second-order valence-corrected chi connectivity index (χ2v) is 13.9. The number of nitrogens with one attached hydrogen (secondary N) is 1. The van der Waals surface area contributed by atoms with Crippen molar-refractivity contribution < 1.29 is 24.3 Å². The van der Waals surface area contributed by atoms with Crippen LogP contribution in [0.4, 0.5) is 0 Å². The summed E-state index contributed by atoms with van der Waals surface area (Å²) in [5.74, 6) is -1.40. The van der Waals surface area contributed by atoms with E-state index in [2.05, 4.69) is 26.1 Å². The number of piperazine rings is 1. The van der Waals surface area contributed by atoms with Crippen molar-refractivity contribution in [2.24, 2.45) is 27.4 Å². The van der Waals surface area contributed by atoms with Crippen LogP contribution in [0.15, 0.2) is 0 Å². The van der Waals surface area contributed by atoms with Crippen molar-refractivity contribution in [1.29, 1.82) is 0 Å². The van der Waals surface area contributed by atoms with E-state index < -0.39 is 27.8 Å². The van der Waals surface area contributed by atoms with Gasteiger partial charge < -0.3 is 26.0 Å². The Bertz CT molecular complexity index is 872. The third-order valence-electron chi connectivity index (χ3n) is 8.19. The molecular formula is C29H54N4O5. The van der Waals surface area contributed by atoms with Gasteiger partial charge in [0.1, 0.15) is 0 Å². The number of carboxylic acid groups (broad SMARTS) is 1. The lowest BCUT2D eigenvalue weighted by Gasteiger charge is -2.43. The third kappa shape index (κ3) is 8.68. The number of rotatable bonds is 13. The van der Waals surface area contributed by atoms with Gasteiger partial charge in [-0.3, -0.25) is 19.2 Å². The Morgan fingerprint density at radius 3 is 1.66 bits per heavy atom. The summed E-state index contributed by atoms with van der Waals surface area (Å²) < 4.78 is 0. The second kappa shape index (κ2) is 12.3. The van der Waals surface area contributed by atoms with Gasteiger partial charge in [0, 0.05) is 43.6 Å². The molecule has 220 valence electrons. The lowest BCUT2D eigenvalue weighted by Crippen LogP contribution is -2.61. The molecule has 1 heterocycles. The van der Waals surface area contributed by atoms with Crippen LogP contribution in [0.1, 0.15) is 101 Å². The van der Waals surface area contributed by atoms with E-state index in [9.17, 15) is 24.3 Å². The van der Waals surface area contributed by atoms with Gasteiger partial charge in [0.15, 0.2) is 0 Å². The molecule has 0 aromatic rings. The number of nitrogens with zero attached hydrogens (tertiary/aromatic N) is 2. The maximum Gasteiger partial charge on any atom is 0.309 e. The smallest absolute Gasteiger partial charge is 0.309 e. The normalized spacial score (nSPS) is 18.4. The van der Waals surface area contributed by atoms with Crippen molar-refractivity contribution in [3.63, 3.8) is 0 Å². The largest absolute Gasteiger partial charge is 0.481 e. The lowest BCUT2D eigenvalue weighted by atomic mass is 9.74. The molecule has 9 heteroatoms. The quantitative estimate of drug-likeness (QED) is 0.328. The minimum Gasteiger partial charge on any atom is -0.481 e. The van der Waals surface area contributed by atoms with Crippen molar-refractivity contribution in [3.05, 3.63) is 0 Å². The van der Waals surface area contributed by atoms with Gasteiger partial charge in [0.05, 0.1) is 11.0 Å². The molecule has 0 radical (unpaired) electrons. The number of nitrogens with two attached hydrogens (primary N) is 1. The summed E-state index contributed by atoms with van der Waals surface area (Å²) >= 11 is 0. The Labute approximate surface area is 230 Å². The fourth-order valence-corrected chi connectivity index (χ4v) is 5.76. The van der Waals surface area contributed by atoms with Crippen molar-refractivity contribution in [2.45, 2.75) is 107 Å². The zero-order valence-corrected chi connectivity index (χ0v) is 25.6. The zero-order chi connectivity index (χ0) is 29.7. The first-order chi connectivity index (χ1) is 17.1. The minimum atomic E-state index is -1.24. The van der Waals surface area contributed by atoms with Gasteiger partial charge in [-0.1, -0.05) is 54.9 Å². The minimum absolute atomic E-state index is 0.0391. The Balaban J connectivity index is 2.78. The molecule has 0 saturated carbocycles.